The number of hydrogen-bond acceptors (Lipinski definition) is 4. The van der Waals surface area contributed by atoms with Crippen LogP contribution in [0.3, 0.4) is 0 Å². The maximum absolute atomic E-state index is 9.14. The quantitative estimate of drug-likeness (QED) is 0.908. The summed E-state index contributed by atoms with van der Waals surface area (Å²) < 4.78 is 0. The van der Waals surface area contributed by atoms with Crippen LogP contribution in [0.2, 0.25) is 5.02 Å². The molecule has 104 valence electrons. The lowest BCUT2D eigenvalue weighted by molar-refractivity contribution is 0.316. The van der Waals surface area contributed by atoms with Crippen LogP contribution in [0.15, 0.2) is 35.7 Å². The lowest BCUT2D eigenvalue weighted by atomic mass is 10.1. The molecule has 0 fully saturated rings. The predicted molar refractivity (Wildman–Crippen MR) is 85.4 cm³/mol. The summed E-state index contributed by atoms with van der Waals surface area (Å²) in [6.45, 7) is 0.740. The van der Waals surface area contributed by atoms with Gasteiger partial charge in [0.25, 0.3) is 0 Å². The minimum atomic E-state index is 0.275. The first-order valence-electron chi connectivity index (χ1n) is 6.25. The second kappa shape index (κ2) is 6.76. The molecule has 0 spiro atoms. The van der Waals surface area contributed by atoms with Crippen molar-refractivity contribution in [2.75, 3.05) is 26.0 Å². The largest absolute Gasteiger partial charge is 0.382 e. The molecule has 0 amide bonds. The van der Waals surface area contributed by atoms with Crippen LogP contribution in [0.4, 0.5) is 5.69 Å². The number of nitrogens with one attached hydrogen (secondary N) is 1. The van der Waals surface area contributed by atoms with Gasteiger partial charge in [-0.3, -0.25) is 0 Å². The number of nitriles is 1. The van der Waals surface area contributed by atoms with Crippen molar-refractivity contribution in [2.24, 2.45) is 0 Å². The first-order chi connectivity index (χ1) is 9.61. The molecule has 1 aromatic carbocycles. The number of hydrogen-bond donors (Lipinski definition) is 1. The molecule has 1 unspecified atom stereocenters. The smallest absolute Gasteiger partial charge is 0.101 e. The molecule has 0 saturated carbocycles. The van der Waals surface area contributed by atoms with E-state index in [9.17, 15) is 0 Å². The van der Waals surface area contributed by atoms with Crippen molar-refractivity contribution < 1.29 is 0 Å². The second-order valence-electron chi connectivity index (χ2n) is 4.68. The predicted octanol–water partition coefficient (Wildman–Crippen LogP) is 3.99. The molecule has 1 aromatic heterocycles. The van der Waals surface area contributed by atoms with E-state index in [-0.39, 0.29) is 6.04 Å². The fraction of sp³-hybridized carbons (Fsp3) is 0.267. The molecule has 1 atom stereocenters. The minimum absolute atomic E-state index is 0.275. The van der Waals surface area contributed by atoms with Gasteiger partial charge < -0.3 is 10.2 Å². The summed E-state index contributed by atoms with van der Waals surface area (Å²) in [5, 5.41) is 15.1. The van der Waals surface area contributed by atoms with Gasteiger partial charge in [0.15, 0.2) is 0 Å². The number of benzene rings is 1. The van der Waals surface area contributed by atoms with Gasteiger partial charge in [-0.15, -0.1) is 11.3 Å². The van der Waals surface area contributed by atoms with Gasteiger partial charge in [-0.2, -0.15) is 5.26 Å². The summed E-state index contributed by atoms with van der Waals surface area (Å²) in [6.07, 6.45) is 0. The van der Waals surface area contributed by atoms with Gasteiger partial charge in [0.1, 0.15) is 6.07 Å². The van der Waals surface area contributed by atoms with E-state index in [1.54, 1.807) is 23.5 Å². The number of thiophene rings is 1. The number of nitrogens with zero attached hydrogens (tertiary/aromatic N) is 2. The highest BCUT2D eigenvalue weighted by Crippen LogP contribution is 2.25. The van der Waals surface area contributed by atoms with Crippen LogP contribution in [0.25, 0.3) is 0 Å². The molecule has 1 N–H and O–H groups in total. The molecular formula is C15H16ClN3S. The van der Waals surface area contributed by atoms with Crippen molar-refractivity contribution in [1.82, 2.24) is 4.90 Å². The van der Waals surface area contributed by atoms with E-state index in [0.717, 1.165) is 12.2 Å². The van der Waals surface area contributed by atoms with E-state index >= 15 is 0 Å². The topological polar surface area (TPSA) is 39.1 Å². The molecular weight excluding hydrogens is 290 g/mol. The molecule has 0 aliphatic rings. The van der Waals surface area contributed by atoms with E-state index < -0.39 is 0 Å². The Morgan fingerprint density at radius 2 is 2.20 bits per heavy atom. The van der Waals surface area contributed by atoms with E-state index in [4.69, 9.17) is 16.9 Å². The zero-order chi connectivity index (χ0) is 14.5. The summed E-state index contributed by atoms with van der Waals surface area (Å²) >= 11 is 7.64. The summed E-state index contributed by atoms with van der Waals surface area (Å²) in [5.74, 6) is 0. The summed E-state index contributed by atoms with van der Waals surface area (Å²) in [5.41, 5.74) is 1.39. The highest BCUT2D eigenvalue weighted by Gasteiger charge is 2.15. The third kappa shape index (κ3) is 3.51. The van der Waals surface area contributed by atoms with Crippen LogP contribution in [0.1, 0.15) is 16.5 Å². The molecule has 0 bridgehead atoms. The molecule has 0 saturated heterocycles. The van der Waals surface area contributed by atoms with Gasteiger partial charge in [0.05, 0.1) is 17.3 Å². The van der Waals surface area contributed by atoms with Crippen LogP contribution < -0.4 is 5.32 Å². The SMILES string of the molecule is CN(C)C(CNc1ccc(Cl)cc1C#N)c1cccs1. The van der Waals surface area contributed by atoms with Crippen LogP contribution >= 0.6 is 22.9 Å². The summed E-state index contributed by atoms with van der Waals surface area (Å²) in [6, 6.07) is 11.9. The Morgan fingerprint density at radius 1 is 1.40 bits per heavy atom. The Bertz CT molecular complexity index is 602. The van der Waals surface area contributed by atoms with Gasteiger partial charge in [-0.05, 0) is 43.7 Å². The van der Waals surface area contributed by atoms with Crippen LogP contribution in [0, 0.1) is 11.3 Å². The molecule has 0 radical (unpaired) electrons. The number of halogens is 1. The Kier molecular flexibility index (Phi) is 5.02. The van der Waals surface area contributed by atoms with Gasteiger partial charge in [0.2, 0.25) is 0 Å². The lowest BCUT2D eigenvalue weighted by Crippen LogP contribution is -2.26. The van der Waals surface area contributed by atoms with Crippen molar-refractivity contribution in [2.45, 2.75) is 6.04 Å². The fourth-order valence-corrected chi connectivity index (χ4v) is 3.08. The maximum Gasteiger partial charge on any atom is 0.101 e. The number of likely N-dealkylation sites (N-methyl/N-ethyl adjacent to an activating group) is 1. The third-order valence-corrected chi connectivity index (χ3v) is 4.29. The second-order valence-corrected chi connectivity index (χ2v) is 6.09. The molecule has 1 heterocycles. The Labute approximate surface area is 128 Å². The zero-order valence-electron chi connectivity index (χ0n) is 11.4. The molecule has 0 aliphatic heterocycles. The zero-order valence-corrected chi connectivity index (χ0v) is 13.0. The monoisotopic (exact) mass is 305 g/mol. The number of rotatable bonds is 5. The van der Waals surface area contributed by atoms with Gasteiger partial charge in [-0.25, -0.2) is 0 Å². The lowest BCUT2D eigenvalue weighted by Gasteiger charge is -2.24. The number of anilines is 1. The minimum Gasteiger partial charge on any atom is -0.382 e. The first kappa shape index (κ1) is 14.9. The van der Waals surface area contributed by atoms with E-state index in [1.165, 1.54) is 4.88 Å². The van der Waals surface area contributed by atoms with E-state index in [0.29, 0.717) is 10.6 Å². The Morgan fingerprint density at radius 3 is 2.80 bits per heavy atom. The van der Waals surface area contributed by atoms with Gasteiger partial charge in [0, 0.05) is 16.4 Å². The average molecular weight is 306 g/mol. The van der Waals surface area contributed by atoms with Crippen molar-refractivity contribution in [3.63, 3.8) is 0 Å². The van der Waals surface area contributed by atoms with Crippen LogP contribution in [-0.4, -0.2) is 25.5 Å². The van der Waals surface area contributed by atoms with E-state index in [1.807, 2.05) is 6.07 Å². The highest BCUT2D eigenvalue weighted by atomic mass is 35.5. The Hall–Kier alpha value is -1.54. The highest BCUT2D eigenvalue weighted by molar-refractivity contribution is 7.10. The Balaban J connectivity index is 2.13. The van der Waals surface area contributed by atoms with Crippen molar-refractivity contribution in [3.05, 3.63) is 51.2 Å². The molecule has 0 aliphatic carbocycles. The summed E-state index contributed by atoms with van der Waals surface area (Å²) in [7, 11) is 4.11. The van der Waals surface area contributed by atoms with Crippen molar-refractivity contribution in [1.29, 1.82) is 5.26 Å². The van der Waals surface area contributed by atoms with Gasteiger partial charge in [-0.1, -0.05) is 17.7 Å². The van der Waals surface area contributed by atoms with Gasteiger partial charge >= 0.3 is 0 Å². The fourth-order valence-electron chi connectivity index (χ4n) is 1.99. The molecule has 20 heavy (non-hydrogen) atoms. The molecule has 3 nitrogen and oxygen atoms in total. The summed E-state index contributed by atoms with van der Waals surface area (Å²) in [4.78, 5) is 3.47. The average Bonchev–Trinajstić information content (AvgIpc) is 2.93. The first-order valence-corrected chi connectivity index (χ1v) is 7.51. The molecule has 2 rings (SSSR count). The van der Waals surface area contributed by atoms with Crippen LogP contribution in [0.5, 0.6) is 0 Å². The van der Waals surface area contributed by atoms with Crippen molar-refractivity contribution in [3.8, 4) is 6.07 Å². The maximum atomic E-state index is 9.14. The van der Waals surface area contributed by atoms with Crippen molar-refractivity contribution >= 4 is 28.6 Å². The third-order valence-electron chi connectivity index (χ3n) is 3.08. The molecule has 5 heteroatoms. The van der Waals surface area contributed by atoms with Crippen LogP contribution in [-0.2, 0) is 0 Å². The standard InChI is InChI=1S/C15H16ClN3S/c1-19(2)14(15-4-3-7-20-15)10-18-13-6-5-12(16)8-11(13)9-17/h3-8,14,18H,10H2,1-2H3. The van der Waals surface area contributed by atoms with E-state index in [2.05, 4.69) is 47.9 Å². The molecule has 2 aromatic rings. The normalized spacial score (nSPS) is 12.2.